The van der Waals surface area contributed by atoms with Gasteiger partial charge in [0.2, 0.25) is 5.91 Å². The fraction of sp³-hybridized carbons (Fsp3) is 0.250. The molecule has 0 aliphatic heterocycles. The Bertz CT molecular complexity index is 840. The number of carbonyl (C=O) groups is 1. The fourth-order valence-corrected chi connectivity index (χ4v) is 2.69. The van der Waals surface area contributed by atoms with Crippen molar-refractivity contribution in [2.45, 2.75) is 19.5 Å². The van der Waals surface area contributed by atoms with Gasteiger partial charge in [-0.05, 0) is 55.5 Å². The summed E-state index contributed by atoms with van der Waals surface area (Å²) in [5.41, 5.74) is 0.948. The zero-order valence-electron chi connectivity index (χ0n) is 14.7. The molecule has 1 amide bonds. The molecular weight excluding hydrogens is 352 g/mol. The predicted octanol–water partition coefficient (Wildman–Crippen LogP) is 4.50. The fourth-order valence-electron chi connectivity index (χ4n) is 2.57. The SMILES string of the molecule is C[C@H](NCC(=O)N(C)Cc1ccc(-c2ccc(Cl)cc2)o1)c1ccco1. The molecule has 0 aliphatic rings. The largest absolute Gasteiger partial charge is 0.468 e. The number of furan rings is 2. The number of nitrogens with zero attached hydrogens (tertiary/aromatic N) is 1. The summed E-state index contributed by atoms with van der Waals surface area (Å²) in [5.74, 6) is 2.26. The number of hydrogen-bond acceptors (Lipinski definition) is 4. The van der Waals surface area contributed by atoms with Gasteiger partial charge in [-0.3, -0.25) is 10.1 Å². The Hall–Kier alpha value is -2.50. The second-order valence-electron chi connectivity index (χ2n) is 6.14. The van der Waals surface area contributed by atoms with E-state index in [1.54, 1.807) is 18.2 Å². The second kappa shape index (κ2) is 8.25. The van der Waals surface area contributed by atoms with Crippen molar-refractivity contribution in [2.75, 3.05) is 13.6 Å². The average Bonchev–Trinajstić information content (AvgIpc) is 3.32. The molecule has 0 bridgehead atoms. The van der Waals surface area contributed by atoms with Crippen LogP contribution in [-0.2, 0) is 11.3 Å². The Balaban J connectivity index is 1.53. The van der Waals surface area contributed by atoms with E-state index in [2.05, 4.69) is 5.32 Å². The van der Waals surface area contributed by atoms with Crippen molar-refractivity contribution in [1.82, 2.24) is 10.2 Å². The summed E-state index contributed by atoms with van der Waals surface area (Å²) in [6.45, 7) is 2.59. The topological polar surface area (TPSA) is 58.6 Å². The van der Waals surface area contributed by atoms with Crippen molar-refractivity contribution < 1.29 is 13.6 Å². The van der Waals surface area contributed by atoms with Gasteiger partial charge in [0, 0.05) is 17.6 Å². The van der Waals surface area contributed by atoms with Gasteiger partial charge >= 0.3 is 0 Å². The third kappa shape index (κ3) is 4.56. The van der Waals surface area contributed by atoms with Crippen LogP contribution in [0, 0.1) is 0 Å². The van der Waals surface area contributed by atoms with Gasteiger partial charge in [-0.25, -0.2) is 0 Å². The van der Waals surface area contributed by atoms with E-state index < -0.39 is 0 Å². The number of nitrogens with one attached hydrogen (secondary N) is 1. The van der Waals surface area contributed by atoms with E-state index >= 15 is 0 Å². The molecular formula is C20H21ClN2O3. The van der Waals surface area contributed by atoms with Crippen LogP contribution in [0.15, 0.2) is 63.6 Å². The van der Waals surface area contributed by atoms with Crippen LogP contribution < -0.4 is 5.32 Å². The first-order valence-electron chi connectivity index (χ1n) is 8.38. The smallest absolute Gasteiger partial charge is 0.236 e. The highest BCUT2D eigenvalue weighted by molar-refractivity contribution is 6.30. The summed E-state index contributed by atoms with van der Waals surface area (Å²) < 4.78 is 11.2. The minimum atomic E-state index is -0.0255. The van der Waals surface area contributed by atoms with E-state index in [4.69, 9.17) is 20.4 Å². The number of amides is 1. The zero-order chi connectivity index (χ0) is 18.5. The maximum absolute atomic E-state index is 12.3. The van der Waals surface area contributed by atoms with Gasteiger partial charge in [0.25, 0.3) is 0 Å². The molecule has 2 heterocycles. The number of carbonyl (C=O) groups excluding carboxylic acids is 1. The summed E-state index contributed by atoms with van der Waals surface area (Å²) in [6.07, 6.45) is 1.62. The molecule has 0 unspecified atom stereocenters. The van der Waals surface area contributed by atoms with Crippen molar-refractivity contribution in [3.63, 3.8) is 0 Å². The van der Waals surface area contributed by atoms with Crippen LogP contribution in [-0.4, -0.2) is 24.4 Å². The van der Waals surface area contributed by atoms with Crippen LogP contribution in [0.5, 0.6) is 0 Å². The molecule has 6 heteroatoms. The Labute approximate surface area is 157 Å². The summed E-state index contributed by atoms with van der Waals surface area (Å²) in [4.78, 5) is 13.9. The quantitative estimate of drug-likeness (QED) is 0.663. The molecule has 0 spiro atoms. The average molecular weight is 373 g/mol. The summed E-state index contributed by atoms with van der Waals surface area (Å²) in [5, 5.41) is 3.84. The van der Waals surface area contributed by atoms with E-state index in [1.807, 2.05) is 55.5 Å². The first-order chi connectivity index (χ1) is 12.5. The van der Waals surface area contributed by atoms with Crippen molar-refractivity contribution in [3.8, 4) is 11.3 Å². The van der Waals surface area contributed by atoms with Gasteiger partial charge in [0.15, 0.2) is 0 Å². The first kappa shape index (κ1) is 18.3. The van der Waals surface area contributed by atoms with E-state index in [0.29, 0.717) is 11.6 Å². The molecule has 1 N–H and O–H groups in total. The van der Waals surface area contributed by atoms with Gasteiger partial charge in [-0.1, -0.05) is 11.6 Å². The number of likely N-dealkylation sites (N-methyl/N-ethyl adjacent to an activating group) is 1. The van der Waals surface area contributed by atoms with Gasteiger partial charge in [0.1, 0.15) is 17.3 Å². The molecule has 5 nitrogen and oxygen atoms in total. The third-order valence-corrected chi connectivity index (χ3v) is 4.39. The van der Waals surface area contributed by atoms with Gasteiger partial charge in [-0.15, -0.1) is 0 Å². The molecule has 0 saturated carbocycles. The normalized spacial score (nSPS) is 12.1. The molecule has 0 radical (unpaired) electrons. The molecule has 1 aromatic carbocycles. The van der Waals surface area contributed by atoms with Crippen molar-refractivity contribution in [3.05, 3.63) is 71.3 Å². The van der Waals surface area contributed by atoms with Crippen molar-refractivity contribution in [1.29, 1.82) is 0 Å². The van der Waals surface area contributed by atoms with Crippen LogP contribution in [0.2, 0.25) is 5.02 Å². The van der Waals surface area contributed by atoms with Crippen molar-refractivity contribution in [2.24, 2.45) is 0 Å². The standard InChI is InChI=1S/C20H21ClN2O3/c1-14(18-4-3-11-25-18)22-12-20(24)23(2)13-17-9-10-19(26-17)15-5-7-16(21)8-6-15/h3-11,14,22H,12-13H2,1-2H3/t14-/m0/s1. The Morgan fingerprint density at radius 1 is 1.19 bits per heavy atom. The molecule has 3 rings (SSSR count). The van der Waals surface area contributed by atoms with Crippen LogP contribution >= 0.6 is 11.6 Å². The molecule has 0 aliphatic carbocycles. The summed E-state index contributed by atoms with van der Waals surface area (Å²) >= 11 is 5.91. The highest BCUT2D eigenvalue weighted by Crippen LogP contribution is 2.24. The molecule has 26 heavy (non-hydrogen) atoms. The lowest BCUT2D eigenvalue weighted by molar-refractivity contribution is -0.129. The maximum Gasteiger partial charge on any atom is 0.236 e. The van der Waals surface area contributed by atoms with Crippen LogP contribution in [0.3, 0.4) is 0 Å². The van der Waals surface area contributed by atoms with E-state index in [1.165, 1.54) is 0 Å². The van der Waals surface area contributed by atoms with Gasteiger partial charge < -0.3 is 13.7 Å². The maximum atomic E-state index is 12.3. The van der Waals surface area contributed by atoms with Gasteiger partial charge in [0.05, 0.1) is 25.4 Å². The monoisotopic (exact) mass is 372 g/mol. The van der Waals surface area contributed by atoms with Gasteiger partial charge in [-0.2, -0.15) is 0 Å². The summed E-state index contributed by atoms with van der Waals surface area (Å²) in [7, 11) is 1.76. The highest BCUT2D eigenvalue weighted by Gasteiger charge is 2.15. The molecule has 136 valence electrons. The lowest BCUT2D eigenvalue weighted by Gasteiger charge is -2.18. The second-order valence-corrected chi connectivity index (χ2v) is 6.58. The number of halogens is 1. The molecule has 3 aromatic rings. The van der Waals surface area contributed by atoms with Crippen LogP contribution in [0.1, 0.15) is 24.5 Å². The minimum Gasteiger partial charge on any atom is -0.468 e. The predicted molar refractivity (Wildman–Crippen MR) is 101 cm³/mol. The summed E-state index contributed by atoms with van der Waals surface area (Å²) in [6, 6.07) is 14.9. The number of benzene rings is 1. The lowest BCUT2D eigenvalue weighted by Crippen LogP contribution is -2.36. The highest BCUT2D eigenvalue weighted by atomic mass is 35.5. The van der Waals surface area contributed by atoms with Crippen molar-refractivity contribution >= 4 is 17.5 Å². The van der Waals surface area contributed by atoms with E-state index in [-0.39, 0.29) is 18.5 Å². The Kier molecular flexibility index (Phi) is 5.81. The third-order valence-electron chi connectivity index (χ3n) is 4.14. The zero-order valence-corrected chi connectivity index (χ0v) is 15.5. The molecule has 2 aromatic heterocycles. The van der Waals surface area contributed by atoms with Crippen LogP contribution in [0.25, 0.3) is 11.3 Å². The molecule has 0 saturated heterocycles. The minimum absolute atomic E-state index is 0.0205. The molecule has 1 atom stereocenters. The molecule has 0 fully saturated rings. The Morgan fingerprint density at radius 2 is 1.96 bits per heavy atom. The van der Waals surface area contributed by atoms with E-state index in [0.717, 1.165) is 22.8 Å². The van der Waals surface area contributed by atoms with E-state index in [9.17, 15) is 4.79 Å². The lowest BCUT2D eigenvalue weighted by atomic mass is 10.2. The van der Waals surface area contributed by atoms with Crippen LogP contribution in [0.4, 0.5) is 0 Å². The number of hydrogen-bond donors (Lipinski definition) is 1. The number of rotatable bonds is 7. The Morgan fingerprint density at radius 3 is 2.65 bits per heavy atom. The first-order valence-corrected chi connectivity index (χ1v) is 8.76.